The second-order valence-corrected chi connectivity index (χ2v) is 6.26. The number of tetrazole rings is 1. The van der Waals surface area contributed by atoms with Crippen LogP contribution in [-0.4, -0.2) is 37.8 Å². The van der Waals surface area contributed by atoms with E-state index in [0.717, 1.165) is 11.3 Å². The van der Waals surface area contributed by atoms with Crippen molar-refractivity contribution in [3.8, 4) is 5.69 Å². The van der Waals surface area contributed by atoms with E-state index in [2.05, 4.69) is 26.4 Å². The van der Waals surface area contributed by atoms with Gasteiger partial charge in [0.05, 0.1) is 11.4 Å². The Balaban J connectivity index is 1.55. The second kappa shape index (κ2) is 8.26. The molecule has 0 aliphatic carbocycles. The van der Waals surface area contributed by atoms with Crippen LogP contribution in [0.15, 0.2) is 59.8 Å². The van der Waals surface area contributed by atoms with E-state index in [1.54, 1.807) is 28.9 Å². The van der Waals surface area contributed by atoms with E-state index in [1.165, 1.54) is 11.8 Å². The zero-order valence-corrected chi connectivity index (χ0v) is 14.7. The summed E-state index contributed by atoms with van der Waals surface area (Å²) in [6.45, 7) is 1.96. The largest absolute Gasteiger partial charge is 0.272 e. The van der Waals surface area contributed by atoms with Gasteiger partial charge in [0.1, 0.15) is 0 Å². The first-order chi connectivity index (χ1) is 12.6. The summed E-state index contributed by atoms with van der Waals surface area (Å²) in [5.74, 6) is -0.686. The Morgan fingerprint density at radius 3 is 2.54 bits per heavy atom. The SMILES string of the molecule is Cc1ccccc1-n1nnnc1SCC(=O)NNC(=O)c1ccccc1. The molecule has 0 atom stereocenters. The first kappa shape index (κ1) is 17.6. The van der Waals surface area contributed by atoms with Crippen molar-refractivity contribution in [1.29, 1.82) is 0 Å². The molecule has 2 N–H and O–H groups in total. The van der Waals surface area contributed by atoms with Gasteiger partial charge in [-0.1, -0.05) is 48.2 Å². The Morgan fingerprint density at radius 1 is 1.04 bits per heavy atom. The van der Waals surface area contributed by atoms with Crippen molar-refractivity contribution >= 4 is 23.6 Å². The monoisotopic (exact) mass is 368 g/mol. The molecule has 1 aromatic heterocycles. The molecule has 0 radical (unpaired) electrons. The summed E-state index contributed by atoms with van der Waals surface area (Å²) in [5.41, 5.74) is 7.07. The fraction of sp³-hybridized carbons (Fsp3) is 0.118. The summed E-state index contributed by atoms with van der Waals surface area (Å²) in [4.78, 5) is 23.9. The van der Waals surface area contributed by atoms with E-state index in [-0.39, 0.29) is 17.6 Å². The van der Waals surface area contributed by atoms with Gasteiger partial charge in [0, 0.05) is 5.56 Å². The molecule has 0 saturated heterocycles. The van der Waals surface area contributed by atoms with Crippen molar-refractivity contribution in [2.24, 2.45) is 0 Å². The molecule has 0 fully saturated rings. The average molecular weight is 368 g/mol. The molecule has 3 rings (SSSR count). The number of aryl methyl sites for hydroxylation is 1. The number of amides is 2. The molecule has 26 heavy (non-hydrogen) atoms. The lowest BCUT2D eigenvalue weighted by molar-refractivity contribution is -0.119. The van der Waals surface area contributed by atoms with Crippen LogP contribution < -0.4 is 10.9 Å². The summed E-state index contributed by atoms with van der Waals surface area (Å²) in [7, 11) is 0. The highest BCUT2D eigenvalue weighted by Crippen LogP contribution is 2.20. The van der Waals surface area contributed by atoms with Gasteiger partial charge in [-0.15, -0.1) is 5.10 Å². The second-order valence-electron chi connectivity index (χ2n) is 5.32. The van der Waals surface area contributed by atoms with Crippen LogP contribution in [0, 0.1) is 6.92 Å². The van der Waals surface area contributed by atoms with Gasteiger partial charge in [0.2, 0.25) is 11.1 Å². The van der Waals surface area contributed by atoms with Crippen LogP contribution in [-0.2, 0) is 4.79 Å². The van der Waals surface area contributed by atoms with Crippen LogP contribution in [0.25, 0.3) is 5.69 Å². The van der Waals surface area contributed by atoms with E-state index < -0.39 is 0 Å². The number of hydrogen-bond donors (Lipinski definition) is 2. The van der Waals surface area contributed by atoms with Crippen LogP contribution in [0.3, 0.4) is 0 Å². The predicted molar refractivity (Wildman–Crippen MR) is 96.7 cm³/mol. The molecular weight excluding hydrogens is 352 g/mol. The number of aromatic nitrogens is 4. The number of carbonyl (C=O) groups is 2. The van der Waals surface area contributed by atoms with Crippen LogP contribution in [0.1, 0.15) is 15.9 Å². The molecule has 0 saturated carbocycles. The van der Waals surface area contributed by atoms with Crippen molar-refractivity contribution in [3.63, 3.8) is 0 Å². The molecule has 2 amide bonds. The van der Waals surface area contributed by atoms with Crippen molar-refractivity contribution in [3.05, 3.63) is 65.7 Å². The van der Waals surface area contributed by atoms with Crippen LogP contribution in [0.5, 0.6) is 0 Å². The summed E-state index contributed by atoms with van der Waals surface area (Å²) >= 11 is 1.18. The zero-order valence-electron chi connectivity index (χ0n) is 13.9. The third-order valence-electron chi connectivity index (χ3n) is 3.47. The van der Waals surface area contributed by atoms with Gasteiger partial charge in [0.15, 0.2) is 0 Å². The van der Waals surface area contributed by atoms with E-state index in [1.807, 2.05) is 37.3 Å². The Hall–Kier alpha value is -3.20. The summed E-state index contributed by atoms with van der Waals surface area (Å²) < 4.78 is 1.58. The maximum Gasteiger partial charge on any atom is 0.269 e. The molecule has 1 heterocycles. The first-order valence-electron chi connectivity index (χ1n) is 7.76. The van der Waals surface area contributed by atoms with Gasteiger partial charge in [0.25, 0.3) is 5.91 Å². The summed E-state index contributed by atoms with van der Waals surface area (Å²) in [6.07, 6.45) is 0. The van der Waals surface area contributed by atoms with Crippen LogP contribution in [0.4, 0.5) is 0 Å². The smallest absolute Gasteiger partial charge is 0.269 e. The predicted octanol–water partition coefficient (Wildman–Crippen LogP) is 1.52. The molecule has 9 heteroatoms. The first-order valence-corrected chi connectivity index (χ1v) is 8.75. The van der Waals surface area contributed by atoms with E-state index >= 15 is 0 Å². The fourth-order valence-electron chi connectivity index (χ4n) is 2.18. The van der Waals surface area contributed by atoms with Crippen molar-refractivity contribution in [2.45, 2.75) is 12.1 Å². The number of nitrogens with zero attached hydrogens (tertiary/aromatic N) is 4. The molecule has 0 spiro atoms. The third kappa shape index (κ3) is 4.25. The zero-order chi connectivity index (χ0) is 18.4. The summed E-state index contributed by atoms with van der Waals surface area (Å²) in [5, 5.41) is 12.1. The lowest BCUT2D eigenvalue weighted by Crippen LogP contribution is -2.42. The van der Waals surface area contributed by atoms with Crippen LogP contribution in [0.2, 0.25) is 0 Å². The van der Waals surface area contributed by atoms with Crippen LogP contribution >= 0.6 is 11.8 Å². The molecule has 0 aliphatic heterocycles. The number of nitrogens with one attached hydrogen (secondary N) is 2. The molecule has 0 unspecified atom stereocenters. The highest BCUT2D eigenvalue weighted by molar-refractivity contribution is 7.99. The third-order valence-corrected chi connectivity index (χ3v) is 4.39. The molecule has 8 nitrogen and oxygen atoms in total. The van der Waals surface area contributed by atoms with Gasteiger partial charge in [-0.3, -0.25) is 20.4 Å². The minimum absolute atomic E-state index is 0.0569. The highest BCUT2D eigenvalue weighted by Gasteiger charge is 2.13. The minimum atomic E-state index is -0.381. The Morgan fingerprint density at radius 2 is 1.77 bits per heavy atom. The average Bonchev–Trinajstić information content (AvgIpc) is 3.14. The number of benzene rings is 2. The van der Waals surface area contributed by atoms with Gasteiger partial charge < -0.3 is 0 Å². The molecule has 0 aliphatic rings. The topological polar surface area (TPSA) is 102 Å². The molecule has 0 bridgehead atoms. The van der Waals surface area contributed by atoms with Crippen molar-refractivity contribution in [2.75, 3.05) is 5.75 Å². The Kier molecular flexibility index (Phi) is 5.59. The number of hydrazine groups is 1. The van der Waals surface area contributed by atoms with Crippen molar-refractivity contribution < 1.29 is 9.59 Å². The molecule has 3 aromatic rings. The number of carbonyl (C=O) groups excluding carboxylic acids is 2. The Labute approximate surface area is 154 Å². The number of rotatable bonds is 5. The standard InChI is InChI=1S/C17H16N6O2S/c1-12-7-5-6-10-14(12)23-17(20-21-22-23)26-11-15(24)18-19-16(25)13-8-3-2-4-9-13/h2-10H,11H2,1H3,(H,18,24)(H,19,25). The number of para-hydroxylation sites is 1. The molecule has 2 aromatic carbocycles. The van der Waals surface area contributed by atoms with E-state index in [0.29, 0.717) is 10.7 Å². The van der Waals surface area contributed by atoms with Gasteiger partial charge >= 0.3 is 0 Å². The van der Waals surface area contributed by atoms with Gasteiger partial charge in [-0.2, -0.15) is 4.68 Å². The molecular formula is C17H16N6O2S. The molecule has 132 valence electrons. The summed E-state index contributed by atoms with van der Waals surface area (Å²) in [6, 6.07) is 16.3. The normalized spacial score (nSPS) is 10.3. The quantitative estimate of drug-likeness (QED) is 0.523. The fourth-order valence-corrected chi connectivity index (χ4v) is 2.86. The lowest BCUT2D eigenvalue weighted by atomic mass is 10.2. The lowest BCUT2D eigenvalue weighted by Gasteiger charge is -2.08. The van der Waals surface area contributed by atoms with E-state index in [4.69, 9.17) is 0 Å². The van der Waals surface area contributed by atoms with Gasteiger partial charge in [-0.05, 0) is 41.1 Å². The van der Waals surface area contributed by atoms with E-state index in [9.17, 15) is 9.59 Å². The maximum absolute atomic E-state index is 12.0. The number of hydrogen-bond acceptors (Lipinski definition) is 6. The maximum atomic E-state index is 12.0. The van der Waals surface area contributed by atoms with Gasteiger partial charge in [-0.25, -0.2) is 0 Å². The van der Waals surface area contributed by atoms with Crippen molar-refractivity contribution in [1.82, 2.24) is 31.1 Å². The highest BCUT2D eigenvalue weighted by atomic mass is 32.2. The number of thioether (sulfide) groups is 1. The minimum Gasteiger partial charge on any atom is -0.272 e. The Bertz CT molecular complexity index is 912.